The number of phenols is 1. The number of pyridine rings is 1. The fourth-order valence-electron chi connectivity index (χ4n) is 2.35. The van der Waals surface area contributed by atoms with Gasteiger partial charge in [-0.3, -0.25) is 4.79 Å². The third kappa shape index (κ3) is 2.20. The summed E-state index contributed by atoms with van der Waals surface area (Å²) in [4.78, 5) is 23.7. The molecule has 1 heterocycles. The van der Waals surface area contributed by atoms with E-state index in [4.69, 9.17) is 0 Å². The molecular weight excluding hydrogens is 289 g/mol. The topological polar surface area (TPSA) is 79.5 Å². The molecule has 3 rings (SSSR count). The van der Waals surface area contributed by atoms with Crippen molar-refractivity contribution in [3.63, 3.8) is 0 Å². The van der Waals surface area contributed by atoms with E-state index in [1.54, 1.807) is 0 Å². The molecule has 0 fully saturated rings. The summed E-state index contributed by atoms with van der Waals surface area (Å²) in [7, 11) is 0. The molecule has 0 aliphatic rings. The van der Waals surface area contributed by atoms with Crippen LogP contribution in [0.1, 0.15) is 0 Å². The molecule has 0 unspecified atom stereocenters. The largest absolute Gasteiger partial charge is 0.508 e. The zero-order valence-corrected chi connectivity index (χ0v) is 11.2. The van der Waals surface area contributed by atoms with Gasteiger partial charge in [-0.1, -0.05) is 0 Å². The molecule has 6 heteroatoms. The summed E-state index contributed by atoms with van der Waals surface area (Å²) >= 11 is 0. The molecule has 0 aliphatic heterocycles. The number of carboxylic acid groups (broad SMARTS) is 1. The number of fused-ring (bicyclic) bond motifs is 1. The Morgan fingerprint density at radius 3 is 2.36 bits per heavy atom. The third-order valence-corrected chi connectivity index (χ3v) is 3.33. The van der Waals surface area contributed by atoms with E-state index >= 15 is 0 Å². The number of carbonyl (C=O) groups is 1. The highest BCUT2D eigenvalue weighted by molar-refractivity contribution is 5.92. The van der Waals surface area contributed by atoms with E-state index in [2.05, 4.69) is 0 Å². The first kappa shape index (κ1) is 13.8. The van der Waals surface area contributed by atoms with E-state index < -0.39 is 17.3 Å². The second kappa shape index (κ2) is 5.00. The van der Waals surface area contributed by atoms with Crippen molar-refractivity contribution in [1.29, 1.82) is 0 Å². The molecule has 0 radical (unpaired) electrons. The van der Waals surface area contributed by atoms with Crippen LogP contribution in [0.15, 0.2) is 53.3 Å². The molecule has 0 saturated heterocycles. The standard InChI is InChI=1S/C16H10FNO4/c17-10-3-6-12-14(7-10)18(16(21)22)13(8-15(12)20)9-1-4-11(19)5-2-9/h1-8,19H,(H,21,22). The molecule has 22 heavy (non-hydrogen) atoms. The first-order valence-corrected chi connectivity index (χ1v) is 6.35. The summed E-state index contributed by atoms with van der Waals surface area (Å²) in [5.41, 5.74) is 0.0951. The first-order valence-electron chi connectivity index (χ1n) is 6.35. The van der Waals surface area contributed by atoms with E-state index in [0.29, 0.717) is 5.56 Å². The van der Waals surface area contributed by atoms with Crippen molar-refractivity contribution in [2.75, 3.05) is 0 Å². The van der Waals surface area contributed by atoms with Gasteiger partial charge in [-0.05, 0) is 48.0 Å². The average molecular weight is 299 g/mol. The molecule has 0 saturated carbocycles. The van der Waals surface area contributed by atoms with Crippen LogP contribution in [0.2, 0.25) is 0 Å². The van der Waals surface area contributed by atoms with Gasteiger partial charge in [0.15, 0.2) is 5.43 Å². The smallest absolute Gasteiger partial charge is 0.416 e. The first-order chi connectivity index (χ1) is 10.5. The van der Waals surface area contributed by atoms with Crippen LogP contribution in [0.3, 0.4) is 0 Å². The summed E-state index contributed by atoms with van der Waals surface area (Å²) in [6.45, 7) is 0. The third-order valence-electron chi connectivity index (χ3n) is 3.33. The summed E-state index contributed by atoms with van der Waals surface area (Å²) in [6, 6.07) is 10.3. The van der Waals surface area contributed by atoms with Gasteiger partial charge in [-0.15, -0.1) is 0 Å². The molecule has 0 amide bonds. The van der Waals surface area contributed by atoms with Crippen LogP contribution in [0.25, 0.3) is 22.2 Å². The Morgan fingerprint density at radius 1 is 1.05 bits per heavy atom. The highest BCUT2D eigenvalue weighted by atomic mass is 19.1. The van der Waals surface area contributed by atoms with E-state index in [-0.39, 0.29) is 22.3 Å². The number of aromatic nitrogens is 1. The number of hydrogen-bond acceptors (Lipinski definition) is 3. The molecular formula is C16H10FNO4. The zero-order chi connectivity index (χ0) is 15.9. The lowest BCUT2D eigenvalue weighted by Gasteiger charge is -2.13. The second-order valence-corrected chi connectivity index (χ2v) is 4.72. The number of nitrogens with zero attached hydrogens (tertiary/aromatic N) is 1. The van der Waals surface area contributed by atoms with Crippen LogP contribution in [0.5, 0.6) is 5.75 Å². The van der Waals surface area contributed by atoms with Crippen molar-refractivity contribution in [2.45, 2.75) is 0 Å². The van der Waals surface area contributed by atoms with Crippen LogP contribution in [0, 0.1) is 5.82 Å². The molecule has 2 N–H and O–H groups in total. The molecule has 5 nitrogen and oxygen atoms in total. The fourth-order valence-corrected chi connectivity index (χ4v) is 2.35. The van der Waals surface area contributed by atoms with Crippen molar-refractivity contribution in [3.8, 4) is 17.0 Å². The Hall–Kier alpha value is -3.15. The van der Waals surface area contributed by atoms with Crippen molar-refractivity contribution < 1.29 is 19.4 Å². The van der Waals surface area contributed by atoms with Gasteiger partial charge in [0.2, 0.25) is 0 Å². The summed E-state index contributed by atoms with van der Waals surface area (Å²) in [6.07, 6.45) is -1.33. The second-order valence-electron chi connectivity index (χ2n) is 4.72. The normalized spacial score (nSPS) is 10.8. The van der Waals surface area contributed by atoms with Gasteiger partial charge in [0.25, 0.3) is 0 Å². The van der Waals surface area contributed by atoms with Gasteiger partial charge in [0.05, 0.1) is 11.2 Å². The van der Waals surface area contributed by atoms with Gasteiger partial charge in [0.1, 0.15) is 11.6 Å². The number of benzene rings is 2. The lowest BCUT2D eigenvalue weighted by molar-refractivity contribution is 0.197. The van der Waals surface area contributed by atoms with Crippen LogP contribution in [0.4, 0.5) is 9.18 Å². The van der Waals surface area contributed by atoms with E-state index in [1.165, 1.54) is 36.4 Å². The zero-order valence-electron chi connectivity index (χ0n) is 11.2. The summed E-state index contributed by atoms with van der Waals surface area (Å²) in [5, 5.41) is 18.9. The number of halogens is 1. The fraction of sp³-hybridized carbons (Fsp3) is 0. The maximum absolute atomic E-state index is 13.5. The van der Waals surface area contributed by atoms with Crippen molar-refractivity contribution >= 4 is 17.0 Å². The molecule has 3 aromatic rings. The number of aromatic hydroxyl groups is 1. The van der Waals surface area contributed by atoms with Crippen molar-refractivity contribution in [2.24, 2.45) is 0 Å². The Kier molecular flexibility index (Phi) is 3.14. The molecule has 0 atom stereocenters. The minimum Gasteiger partial charge on any atom is -0.508 e. The average Bonchev–Trinajstić information content (AvgIpc) is 2.47. The minimum atomic E-state index is -1.33. The SMILES string of the molecule is O=C(O)n1c(-c2ccc(O)cc2)cc(=O)c2ccc(F)cc21. The quantitative estimate of drug-likeness (QED) is 0.724. The van der Waals surface area contributed by atoms with Gasteiger partial charge >= 0.3 is 6.09 Å². The Bertz CT molecular complexity index is 945. The highest BCUT2D eigenvalue weighted by Gasteiger charge is 2.16. The molecule has 0 aliphatic carbocycles. The molecule has 110 valence electrons. The molecule has 0 bridgehead atoms. The van der Waals surface area contributed by atoms with Gasteiger partial charge in [-0.2, -0.15) is 0 Å². The van der Waals surface area contributed by atoms with E-state index in [1.807, 2.05) is 0 Å². The monoisotopic (exact) mass is 299 g/mol. The van der Waals surface area contributed by atoms with Gasteiger partial charge in [0, 0.05) is 11.5 Å². The maximum atomic E-state index is 13.5. The Balaban J connectivity index is 2.44. The molecule has 2 aromatic carbocycles. The van der Waals surface area contributed by atoms with Gasteiger partial charge in [-0.25, -0.2) is 13.8 Å². The maximum Gasteiger partial charge on any atom is 0.416 e. The number of hydrogen-bond donors (Lipinski definition) is 2. The van der Waals surface area contributed by atoms with Crippen LogP contribution in [-0.4, -0.2) is 20.9 Å². The number of phenolic OH excluding ortho intramolecular Hbond substituents is 1. The van der Waals surface area contributed by atoms with E-state index in [0.717, 1.165) is 16.7 Å². The molecule has 1 aromatic heterocycles. The van der Waals surface area contributed by atoms with Crippen LogP contribution in [-0.2, 0) is 0 Å². The van der Waals surface area contributed by atoms with Crippen LogP contribution < -0.4 is 5.43 Å². The van der Waals surface area contributed by atoms with E-state index in [9.17, 15) is 24.2 Å². The van der Waals surface area contributed by atoms with Gasteiger partial charge < -0.3 is 10.2 Å². The lowest BCUT2D eigenvalue weighted by Crippen LogP contribution is -2.17. The molecule has 0 spiro atoms. The Morgan fingerprint density at radius 2 is 1.73 bits per heavy atom. The predicted molar refractivity (Wildman–Crippen MR) is 78.7 cm³/mol. The minimum absolute atomic E-state index is 0.0137. The lowest BCUT2D eigenvalue weighted by atomic mass is 10.1. The Labute approximate surface area is 123 Å². The van der Waals surface area contributed by atoms with Crippen LogP contribution >= 0.6 is 0 Å². The highest BCUT2D eigenvalue weighted by Crippen LogP contribution is 2.24. The van der Waals surface area contributed by atoms with Crippen molar-refractivity contribution in [3.05, 3.63) is 64.6 Å². The number of rotatable bonds is 1. The summed E-state index contributed by atoms with van der Waals surface area (Å²) in [5.74, 6) is -0.621. The summed E-state index contributed by atoms with van der Waals surface area (Å²) < 4.78 is 14.3. The predicted octanol–water partition coefficient (Wildman–Crippen LogP) is 3.04. The van der Waals surface area contributed by atoms with Crippen molar-refractivity contribution in [1.82, 2.24) is 4.57 Å².